The first-order valence-corrected chi connectivity index (χ1v) is 8.52. The summed E-state index contributed by atoms with van der Waals surface area (Å²) in [5, 5.41) is 11.6. The van der Waals surface area contributed by atoms with Crippen molar-refractivity contribution in [3.63, 3.8) is 0 Å². The number of esters is 1. The molecule has 1 saturated heterocycles. The molecule has 0 N–H and O–H groups in total. The van der Waals surface area contributed by atoms with Gasteiger partial charge in [-0.1, -0.05) is 43.7 Å². The van der Waals surface area contributed by atoms with Gasteiger partial charge in [0.05, 0.1) is 13.2 Å². The summed E-state index contributed by atoms with van der Waals surface area (Å²) in [4.78, 5) is 49.1. The number of nitro groups is 1. The zero-order valence-corrected chi connectivity index (χ0v) is 14.8. The number of carbonyl (C=O) groups is 3. The number of amides is 2. The summed E-state index contributed by atoms with van der Waals surface area (Å²) in [6.45, 7) is 3.01. The van der Waals surface area contributed by atoms with Crippen molar-refractivity contribution in [2.24, 2.45) is 5.92 Å². The van der Waals surface area contributed by atoms with E-state index in [1.165, 1.54) is 0 Å². The molecule has 1 aliphatic heterocycles. The van der Waals surface area contributed by atoms with Crippen LogP contribution in [0.5, 0.6) is 0 Å². The van der Waals surface area contributed by atoms with Crippen molar-refractivity contribution < 1.29 is 24.0 Å². The smallest absolute Gasteiger partial charge is 0.385 e. The average Bonchev–Trinajstić information content (AvgIpc) is 2.90. The van der Waals surface area contributed by atoms with E-state index in [1.807, 2.05) is 6.92 Å². The minimum absolute atomic E-state index is 0.0215. The predicted molar refractivity (Wildman–Crippen MR) is 91.4 cm³/mol. The Bertz CT molecular complexity index is 705. The molecule has 140 valence electrons. The second-order valence-corrected chi connectivity index (χ2v) is 6.45. The highest BCUT2D eigenvalue weighted by atomic mass is 16.6. The molecule has 0 bridgehead atoms. The van der Waals surface area contributed by atoms with E-state index in [1.54, 1.807) is 30.3 Å². The molecule has 0 saturated carbocycles. The fourth-order valence-electron chi connectivity index (χ4n) is 2.85. The lowest BCUT2D eigenvalue weighted by Gasteiger charge is -2.24. The van der Waals surface area contributed by atoms with Crippen molar-refractivity contribution in [2.45, 2.75) is 45.2 Å². The van der Waals surface area contributed by atoms with Crippen LogP contribution in [-0.2, 0) is 25.7 Å². The molecule has 1 heterocycles. The predicted octanol–water partition coefficient (Wildman–Crippen LogP) is 1.94. The van der Waals surface area contributed by atoms with Crippen LogP contribution in [0.3, 0.4) is 0 Å². The third kappa shape index (κ3) is 3.74. The van der Waals surface area contributed by atoms with Crippen LogP contribution in [-0.4, -0.2) is 39.8 Å². The van der Waals surface area contributed by atoms with Gasteiger partial charge in [0.15, 0.2) is 0 Å². The van der Waals surface area contributed by atoms with Gasteiger partial charge in [-0.3, -0.25) is 24.6 Å². The molecule has 1 aromatic rings. The molecule has 8 nitrogen and oxygen atoms in total. The maximum absolute atomic E-state index is 12.7. The summed E-state index contributed by atoms with van der Waals surface area (Å²) >= 11 is 0. The van der Waals surface area contributed by atoms with Gasteiger partial charge in [0, 0.05) is 18.3 Å². The van der Waals surface area contributed by atoms with E-state index in [0.717, 1.165) is 23.8 Å². The third-order valence-electron chi connectivity index (χ3n) is 4.63. The van der Waals surface area contributed by atoms with E-state index < -0.39 is 34.2 Å². The molecule has 8 heteroatoms. The summed E-state index contributed by atoms with van der Waals surface area (Å²) in [5.41, 5.74) is -1.56. The van der Waals surface area contributed by atoms with Crippen LogP contribution in [0.2, 0.25) is 0 Å². The Balaban J connectivity index is 2.21. The highest BCUT2D eigenvalue weighted by Gasteiger charge is 2.62. The van der Waals surface area contributed by atoms with Crippen molar-refractivity contribution in [1.82, 2.24) is 4.90 Å². The quantitative estimate of drug-likeness (QED) is 0.230. The van der Waals surface area contributed by atoms with Crippen LogP contribution in [0.4, 0.5) is 0 Å². The maximum Gasteiger partial charge on any atom is 0.385 e. The number of imide groups is 1. The Labute approximate surface area is 151 Å². The van der Waals surface area contributed by atoms with Crippen molar-refractivity contribution in [2.75, 3.05) is 6.61 Å². The zero-order valence-electron chi connectivity index (χ0n) is 14.8. The van der Waals surface area contributed by atoms with Gasteiger partial charge in [0.1, 0.15) is 5.92 Å². The van der Waals surface area contributed by atoms with Gasteiger partial charge in [-0.25, -0.2) is 4.79 Å². The molecule has 1 fully saturated rings. The van der Waals surface area contributed by atoms with E-state index in [4.69, 9.17) is 4.74 Å². The average molecular weight is 362 g/mol. The fourth-order valence-corrected chi connectivity index (χ4v) is 2.85. The molecule has 0 spiro atoms. The number of benzene rings is 1. The molecule has 2 amide bonds. The molecule has 0 aromatic heterocycles. The van der Waals surface area contributed by atoms with E-state index in [-0.39, 0.29) is 19.6 Å². The summed E-state index contributed by atoms with van der Waals surface area (Å²) < 4.78 is 5.00. The molecule has 0 aliphatic carbocycles. The number of likely N-dealkylation sites (tertiary alicyclic amines) is 1. The van der Waals surface area contributed by atoms with Gasteiger partial charge in [-0.2, -0.15) is 0 Å². The van der Waals surface area contributed by atoms with Crippen molar-refractivity contribution in [1.29, 1.82) is 0 Å². The summed E-state index contributed by atoms with van der Waals surface area (Å²) in [5.74, 6) is -3.70. The summed E-state index contributed by atoms with van der Waals surface area (Å²) in [6, 6.07) is 8.84. The van der Waals surface area contributed by atoms with E-state index in [0.29, 0.717) is 6.42 Å². The van der Waals surface area contributed by atoms with Crippen LogP contribution in [0.15, 0.2) is 30.3 Å². The maximum atomic E-state index is 12.7. The van der Waals surface area contributed by atoms with Crippen molar-refractivity contribution in [3.8, 4) is 0 Å². The number of hydrogen-bond acceptors (Lipinski definition) is 6. The Hall–Kier alpha value is -2.77. The molecule has 26 heavy (non-hydrogen) atoms. The molecular weight excluding hydrogens is 340 g/mol. The second kappa shape index (κ2) is 8.07. The Kier molecular flexibility index (Phi) is 6.07. The fraction of sp³-hybridized carbons (Fsp3) is 0.500. The van der Waals surface area contributed by atoms with Crippen LogP contribution in [0, 0.1) is 16.0 Å². The highest BCUT2D eigenvalue weighted by Crippen LogP contribution is 2.34. The minimum Gasteiger partial charge on any atom is -0.460 e. The standard InChI is InChI=1S/C18H22N2O6/c1-3-4-10-26-17(23)18(2,20(24)25)14-11-15(21)19(16(14)22)12-13-8-6-5-7-9-13/h5-9,14H,3-4,10-12H2,1-2H3/t14?,18-/m0/s1. The van der Waals surface area contributed by atoms with Crippen LogP contribution >= 0.6 is 0 Å². The lowest BCUT2D eigenvalue weighted by molar-refractivity contribution is -0.557. The molecule has 1 unspecified atom stereocenters. The highest BCUT2D eigenvalue weighted by molar-refractivity contribution is 6.06. The number of unbranched alkanes of at least 4 members (excludes halogenated alkanes) is 1. The summed E-state index contributed by atoms with van der Waals surface area (Å²) in [6.07, 6.45) is 0.942. The Morgan fingerprint density at radius 3 is 2.58 bits per heavy atom. The topological polar surface area (TPSA) is 107 Å². The van der Waals surface area contributed by atoms with Gasteiger partial charge in [0.2, 0.25) is 11.8 Å². The van der Waals surface area contributed by atoms with Crippen molar-refractivity contribution >= 4 is 17.8 Å². The van der Waals surface area contributed by atoms with Crippen LogP contribution in [0.1, 0.15) is 38.7 Å². The third-order valence-corrected chi connectivity index (χ3v) is 4.63. The number of carbonyl (C=O) groups excluding carboxylic acids is 3. The largest absolute Gasteiger partial charge is 0.460 e. The minimum atomic E-state index is -2.29. The van der Waals surface area contributed by atoms with Gasteiger partial charge in [-0.15, -0.1) is 0 Å². The SMILES string of the molecule is CCCCOC(=O)[C@](C)(C1CC(=O)N(Cc2ccccc2)C1=O)[N+](=O)[O-]. The lowest BCUT2D eigenvalue weighted by Crippen LogP contribution is -2.53. The molecule has 0 radical (unpaired) electrons. The van der Waals surface area contributed by atoms with Gasteiger partial charge < -0.3 is 4.74 Å². The van der Waals surface area contributed by atoms with E-state index in [9.17, 15) is 24.5 Å². The molecule has 2 atom stereocenters. The normalized spacial score (nSPS) is 19.3. The van der Waals surface area contributed by atoms with Crippen LogP contribution < -0.4 is 0 Å². The number of rotatable bonds is 8. The lowest BCUT2D eigenvalue weighted by atomic mass is 9.84. The monoisotopic (exact) mass is 362 g/mol. The van der Waals surface area contributed by atoms with Gasteiger partial charge in [0.25, 0.3) is 0 Å². The van der Waals surface area contributed by atoms with E-state index in [2.05, 4.69) is 0 Å². The Morgan fingerprint density at radius 1 is 1.35 bits per heavy atom. The second-order valence-electron chi connectivity index (χ2n) is 6.45. The van der Waals surface area contributed by atoms with Gasteiger partial charge in [-0.05, 0) is 12.0 Å². The first-order chi connectivity index (χ1) is 12.3. The molecular formula is C18H22N2O6. The molecule has 1 aromatic carbocycles. The number of ether oxygens (including phenoxy) is 1. The first-order valence-electron chi connectivity index (χ1n) is 8.52. The van der Waals surface area contributed by atoms with E-state index >= 15 is 0 Å². The summed E-state index contributed by atoms with van der Waals surface area (Å²) in [7, 11) is 0. The Morgan fingerprint density at radius 2 is 2.00 bits per heavy atom. The molecule has 2 rings (SSSR count). The zero-order chi connectivity index (χ0) is 19.3. The number of hydrogen-bond donors (Lipinski definition) is 0. The first kappa shape index (κ1) is 19.6. The molecule has 1 aliphatic rings. The number of nitrogens with zero attached hydrogens (tertiary/aromatic N) is 2. The van der Waals surface area contributed by atoms with Gasteiger partial charge >= 0.3 is 11.5 Å². The van der Waals surface area contributed by atoms with Crippen molar-refractivity contribution in [3.05, 3.63) is 46.0 Å². The van der Waals surface area contributed by atoms with Crippen LogP contribution in [0.25, 0.3) is 0 Å².